The third kappa shape index (κ3) is 2.53. The van der Waals surface area contributed by atoms with Crippen LogP contribution in [0.25, 0.3) is 0 Å². The summed E-state index contributed by atoms with van der Waals surface area (Å²) in [4.78, 5) is 13.5. The number of Topliss-reactive ketones (excluding diaryl/α,β-unsaturated/α-hetero) is 1. The Morgan fingerprint density at radius 3 is 2.54 bits per heavy atom. The van der Waals surface area contributed by atoms with E-state index < -0.39 is 12.0 Å². The van der Waals surface area contributed by atoms with E-state index in [0.717, 1.165) is 0 Å². The van der Waals surface area contributed by atoms with E-state index in [0.29, 0.717) is 0 Å². The quantitative estimate of drug-likeness (QED) is 0.710. The summed E-state index contributed by atoms with van der Waals surface area (Å²) >= 11 is 0. The van der Waals surface area contributed by atoms with Crippen LogP contribution in [0.2, 0.25) is 0 Å². The number of ketones is 1. The highest BCUT2D eigenvalue weighted by Gasteiger charge is 2.37. The molecule has 0 spiro atoms. The van der Waals surface area contributed by atoms with Gasteiger partial charge >= 0.3 is 6.18 Å². The molecule has 0 atom stereocenters. The minimum atomic E-state index is -4.63. The first-order valence-corrected chi connectivity index (χ1v) is 3.29. The molecule has 0 unspecified atom stereocenters. The van der Waals surface area contributed by atoms with Gasteiger partial charge in [0, 0.05) is 0 Å². The molecule has 13 heavy (non-hydrogen) atoms. The number of halogens is 3. The van der Waals surface area contributed by atoms with Gasteiger partial charge in [-0.2, -0.15) is 18.2 Å². The molecule has 7 heteroatoms. The van der Waals surface area contributed by atoms with E-state index in [1.807, 2.05) is 0 Å². The van der Waals surface area contributed by atoms with Crippen LogP contribution in [0.4, 0.5) is 13.2 Å². The first kappa shape index (κ1) is 9.69. The minimum absolute atomic E-state index is 0.275. The van der Waals surface area contributed by atoms with Crippen molar-refractivity contribution in [3.8, 4) is 0 Å². The molecule has 0 aliphatic heterocycles. The van der Waals surface area contributed by atoms with Crippen molar-refractivity contribution >= 4 is 5.78 Å². The summed E-state index contributed by atoms with van der Waals surface area (Å²) in [7, 11) is 0. The second kappa shape index (κ2) is 3.15. The molecule has 0 radical (unpaired) electrons. The SMILES string of the molecule is CC(=O)Cc1nc(C(F)(F)F)no1. The molecule has 0 bridgehead atoms. The van der Waals surface area contributed by atoms with E-state index in [9.17, 15) is 18.0 Å². The fraction of sp³-hybridized carbons (Fsp3) is 0.500. The normalized spacial score (nSPS) is 11.7. The van der Waals surface area contributed by atoms with Crippen LogP contribution >= 0.6 is 0 Å². The van der Waals surface area contributed by atoms with Crippen molar-refractivity contribution in [1.29, 1.82) is 0 Å². The Morgan fingerprint density at radius 2 is 2.15 bits per heavy atom. The number of hydrogen-bond acceptors (Lipinski definition) is 4. The van der Waals surface area contributed by atoms with E-state index in [1.54, 1.807) is 0 Å². The molecule has 1 heterocycles. The average Bonchev–Trinajstić information content (AvgIpc) is 2.32. The van der Waals surface area contributed by atoms with Gasteiger partial charge < -0.3 is 4.52 Å². The monoisotopic (exact) mass is 194 g/mol. The standard InChI is InChI=1S/C6H5F3N2O2/c1-3(12)2-4-10-5(11-13-4)6(7,8)9/h2H2,1H3. The summed E-state index contributed by atoms with van der Waals surface area (Å²) in [5.41, 5.74) is 0. The van der Waals surface area contributed by atoms with E-state index in [1.165, 1.54) is 6.92 Å². The Kier molecular flexibility index (Phi) is 2.35. The molecular formula is C6H5F3N2O2. The molecule has 0 aromatic carbocycles. The Labute approximate surface area is 70.7 Å². The first-order valence-electron chi connectivity index (χ1n) is 3.29. The maximum absolute atomic E-state index is 11.9. The summed E-state index contributed by atoms with van der Waals surface area (Å²) < 4.78 is 39.8. The summed E-state index contributed by atoms with van der Waals surface area (Å²) in [6, 6.07) is 0. The molecule has 0 amide bonds. The highest BCUT2D eigenvalue weighted by Crippen LogP contribution is 2.26. The Balaban J connectivity index is 2.81. The van der Waals surface area contributed by atoms with Gasteiger partial charge in [0.1, 0.15) is 5.78 Å². The smallest absolute Gasteiger partial charge is 0.339 e. The lowest BCUT2D eigenvalue weighted by Crippen LogP contribution is -2.07. The van der Waals surface area contributed by atoms with Crippen molar-refractivity contribution in [1.82, 2.24) is 10.1 Å². The lowest BCUT2D eigenvalue weighted by atomic mass is 10.3. The van der Waals surface area contributed by atoms with Gasteiger partial charge in [0.05, 0.1) is 6.42 Å². The average molecular weight is 194 g/mol. The maximum atomic E-state index is 11.9. The van der Waals surface area contributed by atoms with Crippen LogP contribution < -0.4 is 0 Å². The molecule has 72 valence electrons. The predicted octanol–water partition coefficient (Wildman–Crippen LogP) is 1.22. The van der Waals surface area contributed by atoms with Gasteiger partial charge in [0.25, 0.3) is 5.82 Å². The van der Waals surface area contributed by atoms with Gasteiger partial charge in [-0.05, 0) is 6.92 Å². The Bertz CT molecular complexity index is 318. The minimum Gasteiger partial charge on any atom is -0.339 e. The molecular weight excluding hydrogens is 189 g/mol. The van der Waals surface area contributed by atoms with Crippen LogP contribution in [-0.4, -0.2) is 15.9 Å². The van der Waals surface area contributed by atoms with Crippen LogP contribution in [-0.2, 0) is 17.4 Å². The van der Waals surface area contributed by atoms with Crippen molar-refractivity contribution in [2.75, 3.05) is 0 Å². The Hall–Kier alpha value is -1.40. The van der Waals surface area contributed by atoms with Gasteiger partial charge in [-0.1, -0.05) is 5.16 Å². The number of carbonyl (C=O) groups is 1. The van der Waals surface area contributed by atoms with Crippen LogP contribution in [0.15, 0.2) is 4.52 Å². The van der Waals surface area contributed by atoms with Crippen molar-refractivity contribution < 1.29 is 22.5 Å². The number of rotatable bonds is 2. The molecule has 1 rings (SSSR count). The van der Waals surface area contributed by atoms with Crippen LogP contribution in [0, 0.1) is 0 Å². The number of hydrogen-bond donors (Lipinski definition) is 0. The highest BCUT2D eigenvalue weighted by atomic mass is 19.4. The molecule has 0 aliphatic rings. The zero-order chi connectivity index (χ0) is 10.1. The molecule has 4 nitrogen and oxygen atoms in total. The summed E-state index contributed by atoms with van der Waals surface area (Å²) in [5.74, 6) is -2.01. The Morgan fingerprint density at radius 1 is 1.54 bits per heavy atom. The third-order valence-corrected chi connectivity index (χ3v) is 1.12. The van der Waals surface area contributed by atoms with Crippen LogP contribution in [0.5, 0.6) is 0 Å². The summed E-state index contributed by atoms with van der Waals surface area (Å²) in [6.45, 7) is 1.22. The number of nitrogens with zero attached hydrogens (tertiary/aromatic N) is 2. The lowest BCUT2D eigenvalue weighted by Gasteiger charge is -1.95. The summed E-state index contributed by atoms with van der Waals surface area (Å²) in [5, 5.41) is 2.68. The molecule has 1 aromatic heterocycles. The van der Waals surface area contributed by atoms with Gasteiger partial charge in [-0.25, -0.2) is 0 Å². The maximum Gasteiger partial charge on any atom is 0.455 e. The molecule has 0 saturated heterocycles. The van der Waals surface area contributed by atoms with E-state index in [-0.39, 0.29) is 18.1 Å². The topological polar surface area (TPSA) is 56.0 Å². The fourth-order valence-corrected chi connectivity index (χ4v) is 0.655. The molecule has 1 aromatic rings. The van der Waals surface area contributed by atoms with Crippen molar-refractivity contribution in [3.05, 3.63) is 11.7 Å². The van der Waals surface area contributed by atoms with Crippen molar-refractivity contribution in [2.24, 2.45) is 0 Å². The van der Waals surface area contributed by atoms with E-state index in [4.69, 9.17) is 0 Å². The predicted molar refractivity (Wildman–Crippen MR) is 33.7 cm³/mol. The number of alkyl halides is 3. The molecule has 0 fully saturated rings. The largest absolute Gasteiger partial charge is 0.455 e. The van der Waals surface area contributed by atoms with Crippen LogP contribution in [0.1, 0.15) is 18.6 Å². The van der Waals surface area contributed by atoms with Gasteiger partial charge in [0.15, 0.2) is 0 Å². The van der Waals surface area contributed by atoms with E-state index >= 15 is 0 Å². The van der Waals surface area contributed by atoms with Crippen LogP contribution in [0.3, 0.4) is 0 Å². The van der Waals surface area contributed by atoms with E-state index in [2.05, 4.69) is 14.7 Å². The molecule has 0 aliphatic carbocycles. The highest BCUT2D eigenvalue weighted by molar-refractivity contribution is 5.77. The molecule has 0 N–H and O–H groups in total. The lowest BCUT2D eigenvalue weighted by molar-refractivity contribution is -0.146. The zero-order valence-corrected chi connectivity index (χ0v) is 6.55. The van der Waals surface area contributed by atoms with Crippen molar-refractivity contribution in [3.63, 3.8) is 0 Å². The first-order chi connectivity index (χ1) is 5.89. The van der Waals surface area contributed by atoms with Gasteiger partial charge in [-0.3, -0.25) is 4.79 Å². The van der Waals surface area contributed by atoms with Crippen molar-refractivity contribution in [2.45, 2.75) is 19.5 Å². The second-order valence-electron chi connectivity index (χ2n) is 2.39. The molecule has 0 saturated carbocycles. The third-order valence-electron chi connectivity index (χ3n) is 1.12. The fourth-order valence-electron chi connectivity index (χ4n) is 0.655. The second-order valence-corrected chi connectivity index (χ2v) is 2.39. The number of aromatic nitrogens is 2. The summed E-state index contributed by atoms with van der Waals surface area (Å²) in [6.07, 6.45) is -4.90. The zero-order valence-electron chi connectivity index (χ0n) is 6.55. The van der Waals surface area contributed by atoms with Gasteiger partial charge in [-0.15, -0.1) is 0 Å². The number of carbonyl (C=O) groups excluding carboxylic acids is 1. The van der Waals surface area contributed by atoms with Gasteiger partial charge in [0.2, 0.25) is 5.89 Å².